The monoisotopic (exact) mass is 391 g/mol. The topological polar surface area (TPSA) is 66.8 Å². The first-order chi connectivity index (χ1) is 14.1. The highest BCUT2D eigenvalue weighted by Gasteiger charge is 2.62. The van der Waals surface area contributed by atoms with Crippen LogP contribution in [0, 0.1) is 5.92 Å². The Kier molecular flexibility index (Phi) is 4.16. The Labute approximate surface area is 170 Å². The highest BCUT2D eigenvalue weighted by atomic mass is 16.5. The van der Waals surface area contributed by atoms with Crippen LogP contribution in [0.1, 0.15) is 36.8 Å². The fraction of sp³-hybridized carbons (Fsp3) is 0.417. The van der Waals surface area contributed by atoms with Gasteiger partial charge in [0.1, 0.15) is 5.75 Å². The number of amides is 1. The van der Waals surface area contributed by atoms with E-state index in [9.17, 15) is 14.7 Å². The Balaban J connectivity index is 1.33. The van der Waals surface area contributed by atoms with Gasteiger partial charge in [-0.05, 0) is 37.3 Å². The normalized spacial score (nSPS) is 27.0. The number of ether oxygens (including phenoxy) is 1. The molecule has 5 heteroatoms. The summed E-state index contributed by atoms with van der Waals surface area (Å²) < 4.78 is 5.79. The molecule has 2 heterocycles. The molecule has 1 saturated carbocycles. The summed E-state index contributed by atoms with van der Waals surface area (Å²) in [5.41, 5.74) is 1.00. The van der Waals surface area contributed by atoms with Crippen molar-refractivity contribution in [2.24, 2.45) is 5.92 Å². The van der Waals surface area contributed by atoms with Crippen molar-refractivity contribution in [3.8, 4) is 5.75 Å². The van der Waals surface area contributed by atoms with Crippen molar-refractivity contribution >= 4 is 11.9 Å². The largest absolute Gasteiger partial charge is 0.493 e. The zero-order valence-electron chi connectivity index (χ0n) is 16.3. The summed E-state index contributed by atoms with van der Waals surface area (Å²) in [7, 11) is 0. The first kappa shape index (κ1) is 18.2. The molecular formula is C24H25NO4. The van der Waals surface area contributed by atoms with Gasteiger partial charge in [0.2, 0.25) is 5.91 Å². The lowest BCUT2D eigenvalue weighted by Crippen LogP contribution is -2.49. The number of hydrogen-bond acceptors (Lipinski definition) is 3. The quantitative estimate of drug-likeness (QED) is 0.871. The van der Waals surface area contributed by atoms with Crippen molar-refractivity contribution in [3.05, 3.63) is 65.7 Å². The van der Waals surface area contributed by atoms with Crippen LogP contribution in [0.25, 0.3) is 0 Å². The first-order valence-corrected chi connectivity index (χ1v) is 10.4. The van der Waals surface area contributed by atoms with E-state index in [4.69, 9.17) is 4.74 Å². The van der Waals surface area contributed by atoms with Crippen LogP contribution in [0.15, 0.2) is 54.6 Å². The number of fused-ring (bicyclic) bond motifs is 2. The van der Waals surface area contributed by atoms with Crippen molar-refractivity contribution in [2.75, 3.05) is 19.7 Å². The summed E-state index contributed by atoms with van der Waals surface area (Å²) in [6.45, 7) is 1.63. The summed E-state index contributed by atoms with van der Waals surface area (Å²) in [6.07, 6.45) is 2.65. The van der Waals surface area contributed by atoms with E-state index >= 15 is 0 Å². The average molecular weight is 391 g/mol. The number of para-hydroxylation sites is 1. The van der Waals surface area contributed by atoms with Crippen molar-refractivity contribution in [2.45, 2.75) is 36.5 Å². The standard InChI is InChI=1S/C24H25NO4/c26-21(19-16-24(19)12-15-29-20-9-5-4-8-18(20)24)25-13-10-23(11-14-25,22(27)28)17-6-2-1-3-7-17/h1-9,19H,10-16H2,(H,27,28)/t19-,24-/m0/s1. The van der Waals surface area contributed by atoms with Crippen molar-refractivity contribution < 1.29 is 19.4 Å². The van der Waals surface area contributed by atoms with Crippen LogP contribution in [0.3, 0.4) is 0 Å². The number of carboxylic acid groups (broad SMARTS) is 1. The third kappa shape index (κ3) is 2.75. The second-order valence-corrected chi connectivity index (χ2v) is 8.59. The lowest BCUT2D eigenvalue weighted by atomic mass is 9.72. The van der Waals surface area contributed by atoms with Crippen LogP contribution in [-0.4, -0.2) is 41.6 Å². The number of aliphatic carboxylic acids is 1. The molecule has 1 amide bonds. The molecule has 2 aromatic rings. The fourth-order valence-corrected chi connectivity index (χ4v) is 5.40. The summed E-state index contributed by atoms with van der Waals surface area (Å²) in [4.78, 5) is 27.4. The molecule has 150 valence electrons. The van der Waals surface area contributed by atoms with E-state index in [-0.39, 0.29) is 17.2 Å². The average Bonchev–Trinajstić information content (AvgIpc) is 3.48. The summed E-state index contributed by atoms with van der Waals surface area (Å²) >= 11 is 0. The maximum absolute atomic E-state index is 13.3. The second-order valence-electron chi connectivity index (χ2n) is 8.59. The molecule has 2 aromatic carbocycles. The molecule has 1 N–H and O–H groups in total. The molecule has 0 aromatic heterocycles. The van der Waals surface area contributed by atoms with Gasteiger partial charge in [-0.1, -0.05) is 48.5 Å². The van der Waals surface area contributed by atoms with E-state index in [2.05, 4.69) is 6.07 Å². The predicted octanol–water partition coefficient (Wildman–Crippen LogP) is 3.37. The van der Waals surface area contributed by atoms with Gasteiger partial charge >= 0.3 is 5.97 Å². The molecule has 29 heavy (non-hydrogen) atoms. The van der Waals surface area contributed by atoms with E-state index in [1.807, 2.05) is 53.4 Å². The summed E-state index contributed by atoms with van der Waals surface area (Å²) in [6, 6.07) is 17.5. The highest BCUT2D eigenvalue weighted by Crippen LogP contribution is 2.61. The maximum Gasteiger partial charge on any atom is 0.314 e. The lowest BCUT2D eigenvalue weighted by Gasteiger charge is -2.39. The molecule has 0 unspecified atom stereocenters. The second kappa shape index (κ2) is 6.61. The number of likely N-dealkylation sites (tertiary alicyclic amines) is 1. The Morgan fingerprint density at radius 3 is 2.38 bits per heavy atom. The van der Waals surface area contributed by atoms with Crippen LogP contribution < -0.4 is 4.74 Å². The Morgan fingerprint density at radius 1 is 0.966 bits per heavy atom. The molecule has 1 spiro atoms. The fourth-order valence-electron chi connectivity index (χ4n) is 5.40. The van der Waals surface area contributed by atoms with E-state index in [1.54, 1.807) is 0 Å². The zero-order chi connectivity index (χ0) is 20.1. The third-order valence-corrected chi connectivity index (χ3v) is 7.27. The molecular weight excluding hydrogens is 366 g/mol. The van der Waals surface area contributed by atoms with Gasteiger partial charge in [-0.2, -0.15) is 0 Å². The Bertz CT molecular complexity index is 948. The van der Waals surface area contributed by atoms with E-state index < -0.39 is 11.4 Å². The molecule has 5 nitrogen and oxygen atoms in total. The number of rotatable bonds is 3. The van der Waals surface area contributed by atoms with Gasteiger partial charge in [-0.3, -0.25) is 9.59 Å². The van der Waals surface area contributed by atoms with Crippen molar-refractivity contribution in [3.63, 3.8) is 0 Å². The molecule has 0 radical (unpaired) electrons. The number of piperidine rings is 1. The summed E-state index contributed by atoms with van der Waals surface area (Å²) in [5.74, 6) is 0.272. The maximum atomic E-state index is 13.3. The molecule has 2 atom stereocenters. The lowest BCUT2D eigenvalue weighted by molar-refractivity contribution is -0.148. The van der Waals surface area contributed by atoms with Gasteiger partial charge in [0, 0.05) is 30.0 Å². The molecule has 1 aliphatic carbocycles. The highest BCUT2D eigenvalue weighted by molar-refractivity contribution is 5.86. The van der Waals surface area contributed by atoms with Gasteiger partial charge in [0.05, 0.1) is 12.0 Å². The smallest absolute Gasteiger partial charge is 0.314 e. The minimum atomic E-state index is -0.898. The van der Waals surface area contributed by atoms with Gasteiger partial charge in [0.15, 0.2) is 0 Å². The van der Waals surface area contributed by atoms with Gasteiger partial charge < -0.3 is 14.7 Å². The van der Waals surface area contributed by atoms with Gasteiger partial charge in [-0.25, -0.2) is 0 Å². The van der Waals surface area contributed by atoms with Crippen LogP contribution in [0.4, 0.5) is 0 Å². The number of hydrogen-bond donors (Lipinski definition) is 1. The molecule has 2 fully saturated rings. The van der Waals surface area contributed by atoms with Crippen LogP contribution in [0.2, 0.25) is 0 Å². The molecule has 5 rings (SSSR count). The molecule has 3 aliphatic rings. The predicted molar refractivity (Wildman–Crippen MR) is 108 cm³/mol. The number of benzene rings is 2. The van der Waals surface area contributed by atoms with Gasteiger partial charge in [-0.15, -0.1) is 0 Å². The number of carbonyl (C=O) groups excluding carboxylic acids is 1. The molecule has 2 aliphatic heterocycles. The van der Waals surface area contributed by atoms with Crippen LogP contribution in [-0.2, 0) is 20.4 Å². The third-order valence-electron chi connectivity index (χ3n) is 7.27. The Hall–Kier alpha value is -2.82. The van der Waals surface area contributed by atoms with E-state index in [1.165, 1.54) is 0 Å². The number of carbonyl (C=O) groups is 2. The summed E-state index contributed by atoms with van der Waals surface area (Å²) in [5, 5.41) is 9.98. The molecule has 0 bridgehead atoms. The van der Waals surface area contributed by atoms with Crippen molar-refractivity contribution in [1.82, 2.24) is 4.90 Å². The number of carboxylic acids is 1. The van der Waals surface area contributed by atoms with Crippen LogP contribution in [0.5, 0.6) is 5.75 Å². The zero-order valence-corrected chi connectivity index (χ0v) is 16.3. The number of nitrogens with zero attached hydrogens (tertiary/aromatic N) is 1. The van der Waals surface area contributed by atoms with Gasteiger partial charge in [0.25, 0.3) is 0 Å². The van der Waals surface area contributed by atoms with Crippen LogP contribution >= 0.6 is 0 Å². The minimum absolute atomic E-state index is 0.0124. The van der Waals surface area contributed by atoms with Crippen molar-refractivity contribution in [1.29, 1.82) is 0 Å². The minimum Gasteiger partial charge on any atom is -0.493 e. The SMILES string of the molecule is O=C([C@@H]1C[C@]12CCOc1ccccc12)N1CCC(C(=O)O)(c2ccccc2)CC1. The molecule has 1 saturated heterocycles. The van der Waals surface area contributed by atoms with E-state index in [0.29, 0.717) is 32.5 Å². The first-order valence-electron chi connectivity index (χ1n) is 10.4. The van der Waals surface area contributed by atoms with E-state index in [0.717, 1.165) is 29.7 Å². The Morgan fingerprint density at radius 2 is 1.66 bits per heavy atom.